The summed E-state index contributed by atoms with van der Waals surface area (Å²) in [6.07, 6.45) is -2.67. The van der Waals surface area contributed by atoms with Crippen LogP contribution in [0.2, 0.25) is 0 Å². The third-order valence-electron chi connectivity index (χ3n) is 5.28. The van der Waals surface area contributed by atoms with Gasteiger partial charge in [0.2, 0.25) is 11.8 Å². The number of hydrogen-bond donors (Lipinski definition) is 1. The quantitative estimate of drug-likeness (QED) is 0.784. The molecule has 0 spiro atoms. The molecule has 3 rings (SSSR count). The number of carbonyl (C=O) groups is 2. The number of alkyl halides is 3. The fourth-order valence-electron chi connectivity index (χ4n) is 3.41. The van der Waals surface area contributed by atoms with Crippen LogP contribution in [0.4, 0.5) is 13.2 Å². The first-order valence-electron chi connectivity index (χ1n) is 9.26. The molecule has 1 aliphatic heterocycles. The van der Waals surface area contributed by atoms with Crippen LogP contribution in [0, 0.1) is 0 Å². The first kappa shape index (κ1) is 20.6. The largest absolute Gasteiger partial charge is 0.416 e. The van der Waals surface area contributed by atoms with Crippen molar-refractivity contribution in [3.05, 3.63) is 35.4 Å². The molecule has 1 aromatic carbocycles. The first-order valence-corrected chi connectivity index (χ1v) is 9.26. The molecule has 1 unspecified atom stereocenters. The Kier molecular flexibility index (Phi) is 5.95. The van der Waals surface area contributed by atoms with E-state index in [1.807, 2.05) is 0 Å². The van der Waals surface area contributed by atoms with Crippen molar-refractivity contribution in [2.45, 2.75) is 37.6 Å². The van der Waals surface area contributed by atoms with Gasteiger partial charge in [0.1, 0.15) is 6.04 Å². The minimum Gasteiger partial charge on any atom is -0.394 e. The van der Waals surface area contributed by atoms with Gasteiger partial charge in [-0.15, -0.1) is 0 Å². The molecule has 0 bridgehead atoms. The fraction of sp³-hybridized carbons (Fsp3) is 0.579. The number of benzene rings is 1. The Morgan fingerprint density at radius 3 is 2.39 bits per heavy atom. The average molecular weight is 399 g/mol. The monoisotopic (exact) mass is 399 g/mol. The number of carbonyl (C=O) groups excluding carboxylic acids is 2. The molecule has 1 aromatic rings. The van der Waals surface area contributed by atoms with Crippen LogP contribution in [-0.2, 0) is 22.3 Å². The number of likely N-dealkylation sites (N-methyl/N-ethyl adjacent to an activating group) is 1. The summed E-state index contributed by atoms with van der Waals surface area (Å²) < 4.78 is 38.2. The highest BCUT2D eigenvalue weighted by atomic mass is 19.4. The average Bonchev–Trinajstić information content (AvgIpc) is 3.47. The van der Waals surface area contributed by atoms with Crippen molar-refractivity contribution in [3.63, 3.8) is 0 Å². The van der Waals surface area contributed by atoms with Gasteiger partial charge in [-0.05, 0) is 30.5 Å². The van der Waals surface area contributed by atoms with E-state index in [4.69, 9.17) is 0 Å². The Balaban J connectivity index is 1.67. The lowest BCUT2D eigenvalue weighted by atomic mass is 10.1. The van der Waals surface area contributed by atoms with Crippen LogP contribution < -0.4 is 0 Å². The lowest BCUT2D eigenvalue weighted by Crippen LogP contribution is -2.59. The summed E-state index contributed by atoms with van der Waals surface area (Å²) in [4.78, 5) is 29.9. The molecule has 1 N–H and O–H groups in total. The lowest BCUT2D eigenvalue weighted by molar-refractivity contribution is -0.145. The topological polar surface area (TPSA) is 64.1 Å². The van der Waals surface area contributed by atoms with Crippen LogP contribution in [0.5, 0.6) is 0 Å². The molecule has 1 aliphatic carbocycles. The van der Waals surface area contributed by atoms with Crippen LogP contribution in [0.1, 0.15) is 24.0 Å². The second kappa shape index (κ2) is 8.08. The summed E-state index contributed by atoms with van der Waals surface area (Å²) >= 11 is 0. The molecule has 28 heavy (non-hydrogen) atoms. The molecule has 1 heterocycles. The number of rotatable bonds is 6. The normalized spacial score (nSPS) is 21.1. The summed E-state index contributed by atoms with van der Waals surface area (Å²) in [6.45, 7) is 0.830. The van der Waals surface area contributed by atoms with E-state index in [1.54, 1.807) is 16.8 Å². The number of hydrogen-bond acceptors (Lipinski definition) is 4. The van der Waals surface area contributed by atoms with Crippen LogP contribution in [-0.4, -0.2) is 77.0 Å². The minimum atomic E-state index is -4.39. The van der Waals surface area contributed by atoms with E-state index in [1.165, 1.54) is 17.0 Å². The Hall–Kier alpha value is -2.13. The second-order valence-corrected chi connectivity index (χ2v) is 7.38. The zero-order valence-corrected chi connectivity index (χ0v) is 15.7. The van der Waals surface area contributed by atoms with Crippen molar-refractivity contribution in [3.8, 4) is 0 Å². The fourth-order valence-corrected chi connectivity index (χ4v) is 3.41. The third kappa shape index (κ3) is 4.64. The van der Waals surface area contributed by atoms with Crippen molar-refractivity contribution < 1.29 is 27.9 Å². The number of aliphatic hydroxyl groups excluding tert-OH is 1. The molecule has 1 saturated heterocycles. The molecule has 6 nitrogen and oxygen atoms in total. The predicted molar refractivity (Wildman–Crippen MR) is 95.1 cm³/mol. The molecule has 2 amide bonds. The van der Waals surface area contributed by atoms with Crippen LogP contribution in [0.3, 0.4) is 0 Å². The number of nitrogens with zero attached hydrogens (tertiary/aromatic N) is 3. The van der Waals surface area contributed by atoms with Crippen molar-refractivity contribution in [2.24, 2.45) is 0 Å². The van der Waals surface area contributed by atoms with Gasteiger partial charge in [0, 0.05) is 32.7 Å². The summed E-state index contributed by atoms with van der Waals surface area (Å²) in [5.41, 5.74) is -0.0938. The highest BCUT2D eigenvalue weighted by Crippen LogP contribution is 2.31. The van der Waals surface area contributed by atoms with Gasteiger partial charge in [0.15, 0.2) is 0 Å². The standard InChI is InChI=1S/C19H24F3N3O3/c1-23-8-9-24(16(12-26)18(23)28)11-17(27)25(15-6-7-15)10-13-2-4-14(5-3-13)19(20,21)22/h2-5,15-16,26H,6-12H2,1H3. The van der Waals surface area contributed by atoms with Gasteiger partial charge in [-0.25, -0.2) is 0 Å². The Labute approximate surface area is 161 Å². The number of piperazine rings is 1. The summed E-state index contributed by atoms with van der Waals surface area (Å²) in [5, 5.41) is 9.54. The molecule has 0 radical (unpaired) electrons. The Morgan fingerprint density at radius 1 is 1.21 bits per heavy atom. The molecule has 154 valence electrons. The van der Waals surface area contributed by atoms with Crippen LogP contribution in [0.15, 0.2) is 24.3 Å². The maximum Gasteiger partial charge on any atom is 0.416 e. The van der Waals surface area contributed by atoms with E-state index in [0.717, 1.165) is 25.0 Å². The number of amides is 2. The van der Waals surface area contributed by atoms with Gasteiger partial charge < -0.3 is 14.9 Å². The van der Waals surface area contributed by atoms with E-state index in [9.17, 15) is 27.9 Å². The zero-order chi connectivity index (χ0) is 20.5. The smallest absolute Gasteiger partial charge is 0.394 e. The van der Waals surface area contributed by atoms with Gasteiger partial charge in [-0.2, -0.15) is 13.2 Å². The maximum atomic E-state index is 12.9. The Morgan fingerprint density at radius 2 is 1.86 bits per heavy atom. The third-order valence-corrected chi connectivity index (χ3v) is 5.28. The van der Waals surface area contributed by atoms with Gasteiger partial charge in [-0.1, -0.05) is 12.1 Å². The molecule has 1 saturated carbocycles. The van der Waals surface area contributed by atoms with Crippen LogP contribution >= 0.6 is 0 Å². The van der Waals surface area contributed by atoms with Gasteiger partial charge in [-0.3, -0.25) is 14.5 Å². The van der Waals surface area contributed by atoms with Crippen molar-refractivity contribution in [1.29, 1.82) is 0 Å². The highest BCUT2D eigenvalue weighted by Gasteiger charge is 2.37. The maximum absolute atomic E-state index is 12.9. The lowest BCUT2D eigenvalue weighted by Gasteiger charge is -2.38. The SMILES string of the molecule is CN1CCN(CC(=O)N(Cc2ccc(C(F)(F)F)cc2)C2CC2)C(CO)C1=O. The van der Waals surface area contributed by atoms with E-state index in [0.29, 0.717) is 18.7 Å². The Bertz CT molecular complexity index is 719. The first-order chi connectivity index (χ1) is 13.2. The van der Waals surface area contributed by atoms with E-state index < -0.39 is 17.8 Å². The molecular formula is C19H24F3N3O3. The highest BCUT2D eigenvalue weighted by molar-refractivity contribution is 5.84. The predicted octanol–water partition coefficient (Wildman–Crippen LogP) is 1.33. The zero-order valence-electron chi connectivity index (χ0n) is 15.7. The number of aliphatic hydroxyl groups is 1. The second-order valence-electron chi connectivity index (χ2n) is 7.38. The van der Waals surface area contributed by atoms with Crippen LogP contribution in [0.25, 0.3) is 0 Å². The molecule has 2 fully saturated rings. The summed E-state index contributed by atoms with van der Waals surface area (Å²) in [6, 6.07) is 4.15. The molecule has 9 heteroatoms. The van der Waals surface area contributed by atoms with E-state index >= 15 is 0 Å². The van der Waals surface area contributed by atoms with Gasteiger partial charge in [0.25, 0.3) is 0 Å². The molecule has 0 aromatic heterocycles. The van der Waals surface area contributed by atoms with E-state index in [2.05, 4.69) is 0 Å². The van der Waals surface area contributed by atoms with E-state index in [-0.39, 0.29) is 37.6 Å². The number of halogens is 3. The molecule has 2 aliphatic rings. The summed E-state index contributed by atoms with van der Waals surface area (Å²) in [7, 11) is 1.66. The van der Waals surface area contributed by atoms with Crippen molar-refractivity contribution in [1.82, 2.24) is 14.7 Å². The minimum absolute atomic E-state index is 0.00193. The van der Waals surface area contributed by atoms with Crippen molar-refractivity contribution >= 4 is 11.8 Å². The van der Waals surface area contributed by atoms with Crippen molar-refractivity contribution in [2.75, 3.05) is 33.3 Å². The molecular weight excluding hydrogens is 375 g/mol. The summed E-state index contributed by atoms with van der Waals surface area (Å²) in [5.74, 6) is -0.402. The van der Waals surface area contributed by atoms with Gasteiger partial charge >= 0.3 is 6.18 Å². The van der Waals surface area contributed by atoms with Gasteiger partial charge in [0.05, 0.1) is 18.7 Å². The molecule has 1 atom stereocenters.